The third-order valence-electron chi connectivity index (χ3n) is 8.17. The lowest BCUT2D eigenvalue weighted by Crippen LogP contribution is -2.29. The van der Waals surface area contributed by atoms with Gasteiger partial charge in [0.25, 0.3) is 0 Å². The SMILES string of the molecule is CCC=CCC=CCC=CCC=CCC=CCC=CCCC(=O)OC(COC(=O)CCC=CCC=CCC=CCCCCCCCCC)COP(=O)(O)OCCN. The maximum atomic E-state index is 12.5. The summed E-state index contributed by atoms with van der Waals surface area (Å²) in [5.41, 5.74) is 5.33. The zero-order chi connectivity index (χ0) is 41.8. The van der Waals surface area contributed by atoms with E-state index in [0.717, 1.165) is 57.8 Å². The number of carbonyl (C=O) groups is 2. The molecule has 9 nitrogen and oxygen atoms in total. The van der Waals surface area contributed by atoms with Gasteiger partial charge in [-0.05, 0) is 77.0 Å². The number of hydrogen-bond donors (Lipinski definition) is 2. The third kappa shape index (κ3) is 42.1. The molecule has 2 unspecified atom stereocenters. The van der Waals surface area contributed by atoms with Gasteiger partial charge < -0.3 is 20.1 Å². The largest absolute Gasteiger partial charge is 0.472 e. The van der Waals surface area contributed by atoms with Crippen LogP contribution in [0.25, 0.3) is 0 Å². The van der Waals surface area contributed by atoms with Gasteiger partial charge in [0.15, 0.2) is 6.10 Å². The van der Waals surface area contributed by atoms with Crippen LogP contribution in [0.3, 0.4) is 0 Å². The van der Waals surface area contributed by atoms with Crippen molar-refractivity contribution < 1.29 is 37.6 Å². The van der Waals surface area contributed by atoms with Gasteiger partial charge in [-0.2, -0.15) is 0 Å². The van der Waals surface area contributed by atoms with Crippen molar-refractivity contribution in [2.45, 2.75) is 148 Å². The number of allylic oxidation sites excluding steroid dienone is 18. The molecule has 322 valence electrons. The van der Waals surface area contributed by atoms with Crippen molar-refractivity contribution >= 4 is 19.8 Å². The molecule has 3 N–H and O–H groups in total. The minimum absolute atomic E-state index is 0.0278. The van der Waals surface area contributed by atoms with E-state index in [1.165, 1.54) is 44.9 Å². The predicted octanol–water partition coefficient (Wildman–Crippen LogP) is 12.4. The van der Waals surface area contributed by atoms with E-state index in [9.17, 15) is 19.0 Å². The summed E-state index contributed by atoms with van der Waals surface area (Å²) >= 11 is 0. The number of rotatable bonds is 38. The number of phosphoric acid groups is 1. The molecule has 0 saturated carbocycles. The number of carbonyl (C=O) groups excluding carboxylic acids is 2. The monoisotopic (exact) mass is 814 g/mol. The first-order valence-corrected chi connectivity index (χ1v) is 22.9. The molecular weight excluding hydrogens is 737 g/mol. The second-order valence-corrected chi connectivity index (χ2v) is 14.9. The first kappa shape index (κ1) is 53.7. The van der Waals surface area contributed by atoms with Gasteiger partial charge in [-0.25, -0.2) is 4.57 Å². The minimum Gasteiger partial charge on any atom is -0.462 e. The summed E-state index contributed by atoms with van der Waals surface area (Å²) < 4.78 is 32.6. The fourth-order valence-corrected chi connectivity index (χ4v) is 5.81. The lowest BCUT2D eigenvalue weighted by molar-refractivity contribution is -0.161. The van der Waals surface area contributed by atoms with Crippen LogP contribution in [0.1, 0.15) is 142 Å². The molecule has 0 aromatic carbocycles. The predicted molar refractivity (Wildman–Crippen MR) is 238 cm³/mol. The molecule has 10 heteroatoms. The summed E-state index contributed by atoms with van der Waals surface area (Å²) in [5.74, 6) is -1.03. The van der Waals surface area contributed by atoms with Gasteiger partial charge in [0.05, 0.1) is 13.2 Å². The van der Waals surface area contributed by atoms with Gasteiger partial charge in [-0.15, -0.1) is 0 Å². The molecule has 0 aliphatic rings. The van der Waals surface area contributed by atoms with Crippen LogP contribution in [0.5, 0.6) is 0 Å². The number of nitrogens with two attached hydrogens (primary N) is 1. The molecule has 0 rings (SSSR count). The lowest BCUT2D eigenvalue weighted by Gasteiger charge is -2.19. The summed E-state index contributed by atoms with van der Waals surface area (Å²) in [6.07, 6.45) is 55.8. The summed E-state index contributed by atoms with van der Waals surface area (Å²) in [4.78, 5) is 34.8. The van der Waals surface area contributed by atoms with Crippen molar-refractivity contribution in [2.24, 2.45) is 5.73 Å². The Morgan fingerprint density at radius 2 is 0.965 bits per heavy atom. The van der Waals surface area contributed by atoms with Crippen molar-refractivity contribution in [1.29, 1.82) is 0 Å². The van der Waals surface area contributed by atoms with Crippen LogP contribution in [0, 0.1) is 0 Å². The summed E-state index contributed by atoms with van der Waals surface area (Å²) in [6, 6.07) is 0. The quantitative estimate of drug-likeness (QED) is 0.0270. The first-order chi connectivity index (χ1) is 27.8. The molecule has 0 amide bonds. The van der Waals surface area contributed by atoms with Crippen molar-refractivity contribution in [3.8, 4) is 0 Å². The standard InChI is InChI=1S/C47H76NO8P/c1-3-5-7-9-11-13-15-17-19-21-22-24-26-28-30-32-34-36-38-40-47(50)56-45(44-55-57(51,52)54-42-41-48)43-53-46(49)39-37-35-33-31-29-27-25-23-20-18-16-14-12-10-8-6-4-2/h5,7,11,13,17,19-20,22-24,27-30,33-36,45H,3-4,6,8-10,12,14-16,18,21,25-26,31-32,37-44,48H2,1-2H3,(H,51,52). The number of phosphoric ester groups is 1. The van der Waals surface area contributed by atoms with Crippen LogP contribution in [0.15, 0.2) is 109 Å². The Bertz CT molecular complexity index is 1290. The van der Waals surface area contributed by atoms with Gasteiger partial charge in [0.1, 0.15) is 6.61 Å². The summed E-state index contributed by atoms with van der Waals surface area (Å²) in [7, 11) is -4.42. The molecule has 0 aromatic heterocycles. The molecule has 57 heavy (non-hydrogen) atoms. The molecule has 0 aliphatic heterocycles. The van der Waals surface area contributed by atoms with Crippen molar-refractivity contribution in [3.63, 3.8) is 0 Å². The highest BCUT2D eigenvalue weighted by Crippen LogP contribution is 2.43. The summed E-state index contributed by atoms with van der Waals surface area (Å²) in [5, 5.41) is 0. The normalized spacial score (nSPS) is 14.4. The number of hydrogen-bond acceptors (Lipinski definition) is 8. The van der Waals surface area contributed by atoms with E-state index in [-0.39, 0.29) is 32.6 Å². The average molecular weight is 814 g/mol. The zero-order valence-corrected chi connectivity index (χ0v) is 36.2. The molecular formula is C47H76NO8P. The average Bonchev–Trinajstić information content (AvgIpc) is 3.20. The van der Waals surface area contributed by atoms with Gasteiger partial charge in [-0.3, -0.25) is 18.6 Å². The highest BCUT2D eigenvalue weighted by Gasteiger charge is 2.25. The van der Waals surface area contributed by atoms with Crippen molar-refractivity contribution in [2.75, 3.05) is 26.4 Å². The maximum Gasteiger partial charge on any atom is 0.472 e. The Hall–Kier alpha value is -3.33. The summed E-state index contributed by atoms with van der Waals surface area (Å²) in [6.45, 7) is 3.42. The van der Waals surface area contributed by atoms with Gasteiger partial charge in [0, 0.05) is 19.4 Å². The van der Waals surface area contributed by atoms with E-state index in [1.807, 2.05) is 24.3 Å². The molecule has 0 spiro atoms. The maximum absolute atomic E-state index is 12.5. The second kappa shape index (κ2) is 42.3. The molecule has 0 aliphatic carbocycles. The Kier molecular flexibility index (Phi) is 39.8. The van der Waals surface area contributed by atoms with Gasteiger partial charge in [-0.1, -0.05) is 162 Å². The number of unbranched alkanes of at least 4 members (excludes halogenated alkanes) is 7. The highest BCUT2D eigenvalue weighted by molar-refractivity contribution is 7.47. The third-order valence-corrected chi connectivity index (χ3v) is 9.15. The fraction of sp³-hybridized carbons (Fsp3) is 0.574. The van der Waals surface area contributed by atoms with E-state index in [4.69, 9.17) is 24.3 Å². The molecule has 0 aromatic rings. The van der Waals surface area contributed by atoms with Crippen LogP contribution in [-0.2, 0) is 32.7 Å². The van der Waals surface area contributed by atoms with Gasteiger partial charge >= 0.3 is 19.8 Å². The Morgan fingerprint density at radius 3 is 1.44 bits per heavy atom. The number of ether oxygens (including phenoxy) is 2. The van der Waals surface area contributed by atoms with E-state index >= 15 is 0 Å². The minimum atomic E-state index is -4.42. The Morgan fingerprint density at radius 1 is 0.544 bits per heavy atom. The smallest absolute Gasteiger partial charge is 0.462 e. The van der Waals surface area contributed by atoms with Crippen LogP contribution in [0.4, 0.5) is 0 Å². The molecule has 0 saturated heterocycles. The van der Waals surface area contributed by atoms with E-state index in [2.05, 4.69) is 98.9 Å². The van der Waals surface area contributed by atoms with E-state index in [0.29, 0.717) is 12.8 Å². The lowest BCUT2D eigenvalue weighted by atomic mass is 10.1. The fourth-order valence-electron chi connectivity index (χ4n) is 5.04. The molecule has 0 bridgehead atoms. The Labute approximate surface area is 346 Å². The van der Waals surface area contributed by atoms with Crippen molar-refractivity contribution in [1.82, 2.24) is 0 Å². The highest BCUT2D eigenvalue weighted by atomic mass is 31.2. The molecule has 0 heterocycles. The number of esters is 2. The molecule has 2 atom stereocenters. The molecule has 0 fully saturated rings. The second-order valence-electron chi connectivity index (χ2n) is 13.5. The van der Waals surface area contributed by atoms with E-state index in [1.54, 1.807) is 0 Å². The van der Waals surface area contributed by atoms with E-state index < -0.39 is 32.5 Å². The van der Waals surface area contributed by atoms with Crippen LogP contribution >= 0.6 is 7.82 Å². The van der Waals surface area contributed by atoms with Crippen LogP contribution < -0.4 is 5.73 Å². The first-order valence-electron chi connectivity index (χ1n) is 21.4. The van der Waals surface area contributed by atoms with Crippen LogP contribution in [0.2, 0.25) is 0 Å². The molecule has 0 radical (unpaired) electrons. The van der Waals surface area contributed by atoms with Crippen molar-refractivity contribution in [3.05, 3.63) is 109 Å². The zero-order valence-electron chi connectivity index (χ0n) is 35.3. The van der Waals surface area contributed by atoms with Crippen LogP contribution in [-0.4, -0.2) is 49.3 Å². The van der Waals surface area contributed by atoms with Gasteiger partial charge in [0.2, 0.25) is 0 Å². The Balaban J connectivity index is 4.42. The topological polar surface area (TPSA) is 134 Å².